The van der Waals surface area contributed by atoms with Crippen molar-refractivity contribution in [3.05, 3.63) is 188 Å². The molecule has 9 aromatic carbocycles. The zero-order valence-corrected chi connectivity index (χ0v) is 28.5. The maximum Gasteiger partial charge on any atom is 0.167 e. The lowest BCUT2D eigenvalue weighted by Crippen LogP contribution is -2.00. The topological polar surface area (TPSA) is 51.8 Å². The van der Waals surface area contributed by atoms with E-state index in [9.17, 15) is 9.60 Å². The van der Waals surface area contributed by atoms with Crippen molar-refractivity contribution in [3.63, 3.8) is 0 Å². The zero-order valence-electron chi connectivity index (χ0n) is 43.5. The third kappa shape index (κ3) is 5.26. The molecular weight excluding hydrogens is 671 g/mol. The lowest BCUT2D eigenvalue weighted by Gasteiger charge is -2.12. The van der Waals surface area contributed by atoms with Crippen LogP contribution in [-0.4, -0.2) is 15.0 Å². The van der Waals surface area contributed by atoms with Crippen LogP contribution in [0, 0.1) is 0 Å². The molecule has 0 radical (unpaired) electrons. The molecule has 0 spiro atoms. The number of furan rings is 1. The van der Waals surface area contributed by atoms with Gasteiger partial charge in [-0.15, -0.1) is 0 Å². The van der Waals surface area contributed by atoms with Crippen LogP contribution in [0.1, 0.15) is 20.6 Å². The summed E-state index contributed by atoms with van der Waals surface area (Å²) in [5, 5.41) is -0.606. The van der Waals surface area contributed by atoms with Crippen molar-refractivity contribution in [2.24, 2.45) is 0 Å². The number of rotatable bonds is 5. The Bertz CT molecular complexity index is 4050. The standard InChI is InChI=1S/C51H31N3O/c1-2-11-32(12-3-1)33-21-25-35(26-22-33)49-52-50(54-51(53-49)45-19-10-18-44-43-17-8-9-20-47(43)55-48(44)45)36-27-23-34(24-28-36)37-29-30-42-40-15-5-4-13-38(40)39-14-6-7-16-41(39)46(42)31-37/h1-31H/i4D,5D,6D,7D,13D,14D,15D,16D,23D,24D,27D,28D,29D,30D,31D. The van der Waals surface area contributed by atoms with Crippen LogP contribution in [0.25, 0.3) is 111 Å². The summed E-state index contributed by atoms with van der Waals surface area (Å²) in [6.07, 6.45) is 0. The van der Waals surface area contributed by atoms with E-state index in [1.54, 1.807) is 6.07 Å². The predicted molar refractivity (Wildman–Crippen MR) is 227 cm³/mol. The molecule has 0 aliphatic rings. The van der Waals surface area contributed by atoms with E-state index in [0.29, 0.717) is 22.3 Å². The third-order valence-electron chi connectivity index (χ3n) is 9.57. The number of hydrogen-bond donors (Lipinski definition) is 0. The average molecular weight is 717 g/mol. The van der Waals surface area contributed by atoms with E-state index < -0.39 is 107 Å². The third-order valence-corrected chi connectivity index (χ3v) is 9.57. The van der Waals surface area contributed by atoms with Crippen LogP contribution in [0.5, 0.6) is 0 Å². The first-order chi connectivity index (χ1) is 33.5. The Balaban J connectivity index is 1.19. The first-order valence-corrected chi connectivity index (χ1v) is 17.3. The van der Waals surface area contributed by atoms with Crippen molar-refractivity contribution >= 4 is 54.3 Å². The first kappa shape index (κ1) is 19.6. The second kappa shape index (κ2) is 12.6. The Morgan fingerprint density at radius 2 is 0.873 bits per heavy atom. The van der Waals surface area contributed by atoms with Crippen molar-refractivity contribution in [1.29, 1.82) is 0 Å². The van der Waals surface area contributed by atoms with Crippen molar-refractivity contribution in [1.82, 2.24) is 15.0 Å². The highest BCUT2D eigenvalue weighted by Gasteiger charge is 2.18. The summed E-state index contributed by atoms with van der Waals surface area (Å²) < 4.78 is 142. The van der Waals surface area contributed by atoms with Crippen LogP contribution >= 0.6 is 0 Å². The minimum atomic E-state index is -0.789. The normalized spacial score (nSPS) is 15.5. The Hall–Kier alpha value is -7.43. The summed E-state index contributed by atoms with van der Waals surface area (Å²) in [5.41, 5.74) is 2.43. The molecule has 0 aliphatic heterocycles. The van der Waals surface area contributed by atoms with Crippen LogP contribution in [0.2, 0.25) is 0 Å². The fourth-order valence-corrected chi connectivity index (χ4v) is 6.93. The quantitative estimate of drug-likeness (QED) is 0.166. The highest BCUT2D eigenvalue weighted by molar-refractivity contribution is 6.25. The van der Waals surface area contributed by atoms with Gasteiger partial charge in [-0.3, -0.25) is 0 Å². The lowest BCUT2D eigenvalue weighted by atomic mass is 9.92. The number of fused-ring (bicyclic) bond motifs is 9. The van der Waals surface area contributed by atoms with Crippen LogP contribution in [0.4, 0.5) is 0 Å². The summed E-state index contributed by atoms with van der Waals surface area (Å²) in [5.74, 6) is -0.0246. The second-order valence-corrected chi connectivity index (χ2v) is 12.8. The van der Waals surface area contributed by atoms with Crippen LogP contribution in [0.15, 0.2) is 192 Å². The molecule has 256 valence electrons. The van der Waals surface area contributed by atoms with Crippen molar-refractivity contribution in [2.45, 2.75) is 0 Å². The van der Waals surface area contributed by atoms with Gasteiger partial charge in [-0.1, -0.05) is 170 Å². The van der Waals surface area contributed by atoms with Gasteiger partial charge in [0.1, 0.15) is 11.2 Å². The number of hydrogen-bond acceptors (Lipinski definition) is 4. The molecule has 0 fully saturated rings. The maximum absolute atomic E-state index is 9.68. The number of benzene rings is 9. The highest BCUT2D eigenvalue weighted by atomic mass is 16.3. The molecule has 11 aromatic rings. The monoisotopic (exact) mass is 716 g/mol. The van der Waals surface area contributed by atoms with E-state index in [1.807, 2.05) is 91.0 Å². The van der Waals surface area contributed by atoms with Gasteiger partial charge in [-0.2, -0.15) is 0 Å². The summed E-state index contributed by atoms with van der Waals surface area (Å²) in [6.45, 7) is 0. The molecule has 2 heterocycles. The molecule has 0 unspecified atom stereocenters. The SMILES string of the molecule is [2H]c1c([2H])c(-c2c([2H])c([2H])c3c4c([2H])c([2H])c([2H])c([2H])c4c4c([2H])c([2H])c([2H])c([2H])c4c3c2[2H])c([2H])c([2H])c1-c1nc(-c2ccc(-c3ccccc3)cc2)nc(-c2cccc3c2oc2ccccc23)n1. The molecule has 55 heavy (non-hydrogen) atoms. The molecule has 0 aliphatic carbocycles. The van der Waals surface area contributed by atoms with E-state index in [4.69, 9.17) is 30.3 Å². The van der Waals surface area contributed by atoms with Crippen LogP contribution < -0.4 is 0 Å². The number of nitrogens with zero attached hydrogens (tertiary/aromatic N) is 3. The minimum absolute atomic E-state index is 0.0923. The molecule has 0 bridgehead atoms. The molecular formula is C51H31N3O. The summed E-state index contributed by atoms with van der Waals surface area (Å²) >= 11 is 0. The minimum Gasteiger partial charge on any atom is -0.455 e. The number of aromatic nitrogens is 3. The molecule has 0 amide bonds. The molecule has 0 saturated carbocycles. The van der Waals surface area contributed by atoms with E-state index in [1.165, 1.54) is 0 Å². The zero-order chi connectivity index (χ0) is 49.3. The van der Waals surface area contributed by atoms with Gasteiger partial charge >= 0.3 is 0 Å². The van der Waals surface area contributed by atoms with Gasteiger partial charge in [-0.05, 0) is 72.7 Å². The Morgan fingerprint density at radius 1 is 0.345 bits per heavy atom. The van der Waals surface area contributed by atoms with Crippen molar-refractivity contribution in [3.8, 4) is 56.4 Å². The van der Waals surface area contributed by atoms with Gasteiger partial charge < -0.3 is 4.42 Å². The smallest absolute Gasteiger partial charge is 0.167 e. The van der Waals surface area contributed by atoms with Crippen LogP contribution in [-0.2, 0) is 0 Å². The summed E-state index contributed by atoms with van der Waals surface area (Å²) in [7, 11) is 0. The Morgan fingerprint density at radius 3 is 1.60 bits per heavy atom. The van der Waals surface area contributed by atoms with Crippen LogP contribution in [0.3, 0.4) is 0 Å². The average Bonchev–Trinajstić information content (AvgIpc) is 3.76. The van der Waals surface area contributed by atoms with E-state index in [2.05, 4.69) is 0 Å². The van der Waals surface area contributed by atoms with Gasteiger partial charge in [-0.25, -0.2) is 15.0 Å². The molecule has 4 heteroatoms. The lowest BCUT2D eigenvalue weighted by molar-refractivity contribution is 0.669. The molecule has 0 saturated heterocycles. The second-order valence-electron chi connectivity index (χ2n) is 12.8. The summed E-state index contributed by atoms with van der Waals surface area (Å²) in [6, 6.07) is 19.4. The van der Waals surface area contributed by atoms with E-state index in [0.717, 1.165) is 21.9 Å². The van der Waals surface area contributed by atoms with Gasteiger partial charge in [0.15, 0.2) is 17.5 Å². The summed E-state index contributed by atoms with van der Waals surface area (Å²) in [4.78, 5) is 14.4. The maximum atomic E-state index is 9.68. The fourth-order valence-electron chi connectivity index (χ4n) is 6.93. The van der Waals surface area contributed by atoms with Gasteiger partial charge in [0.2, 0.25) is 0 Å². The number of para-hydroxylation sites is 2. The Labute approximate surface area is 338 Å². The van der Waals surface area contributed by atoms with Gasteiger partial charge in [0.25, 0.3) is 0 Å². The molecule has 11 rings (SSSR count). The fraction of sp³-hybridized carbons (Fsp3) is 0. The van der Waals surface area contributed by atoms with Gasteiger partial charge in [0, 0.05) is 21.9 Å². The molecule has 0 atom stereocenters. The predicted octanol–water partition coefficient (Wildman–Crippen LogP) is 13.6. The largest absolute Gasteiger partial charge is 0.455 e. The van der Waals surface area contributed by atoms with Gasteiger partial charge in [0.05, 0.1) is 26.1 Å². The molecule has 2 aromatic heterocycles. The first-order valence-electron chi connectivity index (χ1n) is 24.8. The van der Waals surface area contributed by atoms with E-state index >= 15 is 0 Å². The molecule has 0 N–H and O–H groups in total. The van der Waals surface area contributed by atoms with Crippen molar-refractivity contribution < 1.29 is 25.0 Å². The van der Waals surface area contributed by atoms with E-state index in [-0.39, 0.29) is 50.0 Å². The Kier molecular flexibility index (Phi) is 4.49. The van der Waals surface area contributed by atoms with Crippen molar-refractivity contribution in [2.75, 3.05) is 0 Å². The molecule has 4 nitrogen and oxygen atoms in total. The highest BCUT2D eigenvalue weighted by Crippen LogP contribution is 2.39.